The number of aliphatic hydroxyl groups excluding tert-OH is 5. The third-order valence-corrected chi connectivity index (χ3v) is 8.89. The van der Waals surface area contributed by atoms with Crippen molar-refractivity contribution in [1.29, 1.82) is 0 Å². The predicted octanol–water partition coefficient (Wildman–Crippen LogP) is 0.124. The maximum atomic E-state index is 12.3. The normalized spacial score (nSPS) is 35.9. The quantitative estimate of drug-likeness (QED) is 0.138. The molecule has 0 aromatic carbocycles. The lowest BCUT2D eigenvalue weighted by Crippen LogP contribution is -2.73. The first-order valence-electron chi connectivity index (χ1n) is 14.8. The van der Waals surface area contributed by atoms with Crippen molar-refractivity contribution in [1.82, 2.24) is 10.6 Å². The Labute approximate surface area is 244 Å². The van der Waals surface area contributed by atoms with Crippen molar-refractivity contribution in [3.05, 3.63) is 12.3 Å². The smallest absolute Gasteiger partial charge is 0.217 e. The van der Waals surface area contributed by atoms with Gasteiger partial charge in [-0.15, -0.1) is 0 Å². The fourth-order valence-corrected chi connectivity index (χ4v) is 6.59. The fourth-order valence-electron chi connectivity index (χ4n) is 6.59. The van der Waals surface area contributed by atoms with E-state index in [2.05, 4.69) is 17.2 Å². The number of hydrogen-bond acceptors (Lipinski definition) is 11. The van der Waals surface area contributed by atoms with Crippen LogP contribution in [0.25, 0.3) is 0 Å². The van der Waals surface area contributed by atoms with E-state index < -0.39 is 85.3 Å². The van der Waals surface area contributed by atoms with Crippen LogP contribution in [0.15, 0.2) is 12.3 Å². The second kappa shape index (κ2) is 15.4. The van der Waals surface area contributed by atoms with E-state index in [-0.39, 0.29) is 5.91 Å². The molecule has 2 aliphatic heterocycles. The SMILES string of the molecule is C=C(C)NC1C(O)C(O)C(CO)OC1C(CC)(CCC)OC1C(CO)OC(C(CC)(CC)OC)C(NC(C)=O)C1O. The van der Waals surface area contributed by atoms with Crippen LogP contribution in [0.2, 0.25) is 0 Å². The highest BCUT2D eigenvalue weighted by molar-refractivity contribution is 5.73. The van der Waals surface area contributed by atoms with Gasteiger partial charge in [0, 0.05) is 19.7 Å². The van der Waals surface area contributed by atoms with Crippen LogP contribution in [0.4, 0.5) is 0 Å². The van der Waals surface area contributed by atoms with E-state index in [1.54, 1.807) is 14.0 Å². The number of allylic oxidation sites excluding steroid dienone is 1. The van der Waals surface area contributed by atoms with Crippen molar-refractivity contribution in [3.63, 3.8) is 0 Å². The number of nitrogens with one attached hydrogen (secondary N) is 2. The van der Waals surface area contributed by atoms with E-state index in [0.717, 1.165) is 0 Å². The number of carbonyl (C=O) groups excluding carboxylic acids is 1. The Kier molecular flexibility index (Phi) is 13.5. The Hall–Kier alpha value is -1.35. The first-order chi connectivity index (χ1) is 19.3. The average Bonchev–Trinajstić information content (AvgIpc) is 2.94. The Morgan fingerprint density at radius 3 is 1.78 bits per heavy atom. The summed E-state index contributed by atoms with van der Waals surface area (Å²) in [6, 6.07) is -1.79. The number of hydrogen-bond donors (Lipinski definition) is 7. The van der Waals surface area contributed by atoms with Crippen molar-refractivity contribution in [3.8, 4) is 0 Å². The predicted molar refractivity (Wildman–Crippen MR) is 152 cm³/mol. The summed E-state index contributed by atoms with van der Waals surface area (Å²) in [5.41, 5.74) is -1.51. The Morgan fingerprint density at radius 1 is 0.829 bits per heavy atom. The molecule has 0 aliphatic carbocycles. The molecule has 2 aliphatic rings. The van der Waals surface area contributed by atoms with Crippen molar-refractivity contribution in [2.24, 2.45) is 0 Å². The van der Waals surface area contributed by atoms with Crippen LogP contribution in [0.3, 0.4) is 0 Å². The van der Waals surface area contributed by atoms with E-state index in [1.165, 1.54) is 6.92 Å². The lowest BCUT2D eigenvalue weighted by molar-refractivity contribution is -0.307. The summed E-state index contributed by atoms with van der Waals surface area (Å²) in [6.07, 6.45) is -6.47. The van der Waals surface area contributed by atoms with Crippen LogP contribution in [-0.4, -0.2) is 124 Å². The number of ether oxygens (including phenoxy) is 4. The van der Waals surface area contributed by atoms with Gasteiger partial charge in [0.15, 0.2) is 0 Å². The summed E-state index contributed by atoms with van der Waals surface area (Å²) in [4.78, 5) is 12.3. The van der Waals surface area contributed by atoms with Crippen molar-refractivity contribution < 1.29 is 49.3 Å². The van der Waals surface area contributed by atoms with E-state index in [0.29, 0.717) is 37.8 Å². The van der Waals surface area contributed by atoms with E-state index in [9.17, 15) is 30.3 Å². The minimum Gasteiger partial charge on any atom is -0.394 e. The van der Waals surface area contributed by atoms with Crippen molar-refractivity contribution >= 4 is 5.91 Å². The number of aliphatic hydroxyl groups is 5. The Morgan fingerprint density at radius 2 is 1.34 bits per heavy atom. The lowest BCUT2D eigenvalue weighted by atomic mass is 9.77. The second-order valence-corrected chi connectivity index (χ2v) is 11.4. The first-order valence-corrected chi connectivity index (χ1v) is 14.8. The Balaban J connectivity index is 2.62. The molecule has 0 spiro atoms. The minimum absolute atomic E-state index is 0.350. The number of rotatable bonds is 15. The van der Waals surface area contributed by atoms with E-state index in [4.69, 9.17) is 18.9 Å². The number of carbonyl (C=O) groups is 1. The highest BCUT2D eigenvalue weighted by atomic mass is 16.6. The minimum atomic E-state index is -1.37. The van der Waals surface area contributed by atoms with Gasteiger partial charge in [-0.2, -0.15) is 0 Å². The summed E-state index contributed by atoms with van der Waals surface area (Å²) in [5.74, 6) is -0.374. The molecule has 12 heteroatoms. The summed E-state index contributed by atoms with van der Waals surface area (Å²) in [5, 5.41) is 60.0. The molecule has 11 unspecified atom stereocenters. The molecule has 2 saturated heterocycles. The molecular weight excluding hydrogens is 536 g/mol. The van der Waals surface area contributed by atoms with Gasteiger partial charge in [0.2, 0.25) is 5.91 Å². The first kappa shape index (κ1) is 35.8. The molecule has 0 radical (unpaired) electrons. The highest BCUT2D eigenvalue weighted by Crippen LogP contribution is 2.42. The molecule has 0 aromatic heterocycles. The Bertz CT molecular complexity index is 834. The average molecular weight is 591 g/mol. The van der Waals surface area contributed by atoms with Crippen LogP contribution in [0, 0.1) is 0 Å². The van der Waals surface area contributed by atoms with Gasteiger partial charge in [-0.3, -0.25) is 4.79 Å². The monoisotopic (exact) mass is 590 g/mol. The topological polar surface area (TPSA) is 179 Å². The van der Waals surface area contributed by atoms with E-state index >= 15 is 0 Å². The largest absolute Gasteiger partial charge is 0.394 e. The summed E-state index contributed by atoms with van der Waals surface area (Å²) < 4.78 is 25.4. The molecule has 2 rings (SSSR count). The summed E-state index contributed by atoms with van der Waals surface area (Å²) in [6.45, 7) is 13.6. The molecule has 1 amide bonds. The molecule has 41 heavy (non-hydrogen) atoms. The molecule has 12 nitrogen and oxygen atoms in total. The summed E-state index contributed by atoms with van der Waals surface area (Å²) >= 11 is 0. The molecular formula is C29H54N2O10. The second-order valence-electron chi connectivity index (χ2n) is 11.4. The van der Waals surface area contributed by atoms with Gasteiger partial charge in [-0.25, -0.2) is 0 Å². The number of methoxy groups -OCH3 is 1. The van der Waals surface area contributed by atoms with Crippen LogP contribution >= 0.6 is 0 Å². The molecule has 0 bridgehead atoms. The highest BCUT2D eigenvalue weighted by Gasteiger charge is 2.58. The van der Waals surface area contributed by atoms with Gasteiger partial charge in [0.1, 0.15) is 48.8 Å². The third-order valence-electron chi connectivity index (χ3n) is 8.89. The molecule has 2 heterocycles. The maximum absolute atomic E-state index is 12.3. The van der Waals surface area contributed by atoms with Crippen molar-refractivity contribution in [2.45, 2.75) is 146 Å². The zero-order valence-electron chi connectivity index (χ0n) is 25.7. The van der Waals surface area contributed by atoms with Gasteiger partial charge in [0.05, 0.1) is 36.5 Å². The lowest BCUT2D eigenvalue weighted by Gasteiger charge is -2.55. The molecule has 0 saturated carbocycles. The molecule has 7 N–H and O–H groups in total. The van der Waals surface area contributed by atoms with Gasteiger partial charge in [-0.1, -0.05) is 40.7 Å². The van der Waals surface area contributed by atoms with Gasteiger partial charge in [-0.05, 0) is 32.6 Å². The molecule has 11 atom stereocenters. The van der Waals surface area contributed by atoms with Crippen LogP contribution in [0.5, 0.6) is 0 Å². The van der Waals surface area contributed by atoms with Gasteiger partial charge < -0.3 is 55.1 Å². The fraction of sp³-hybridized carbons (Fsp3) is 0.897. The summed E-state index contributed by atoms with van der Waals surface area (Å²) in [7, 11) is 1.56. The van der Waals surface area contributed by atoms with Crippen molar-refractivity contribution in [2.75, 3.05) is 20.3 Å². The van der Waals surface area contributed by atoms with Gasteiger partial charge in [0.25, 0.3) is 0 Å². The zero-order valence-corrected chi connectivity index (χ0v) is 25.7. The molecule has 2 fully saturated rings. The zero-order chi connectivity index (χ0) is 31.1. The molecule has 240 valence electrons. The van der Waals surface area contributed by atoms with Gasteiger partial charge >= 0.3 is 0 Å². The maximum Gasteiger partial charge on any atom is 0.217 e. The van der Waals surface area contributed by atoms with Crippen LogP contribution < -0.4 is 10.6 Å². The van der Waals surface area contributed by atoms with Crippen LogP contribution in [-0.2, 0) is 23.7 Å². The van der Waals surface area contributed by atoms with E-state index in [1.807, 2.05) is 27.7 Å². The standard InChI is InChI=1S/C29H54N2O10/c1-9-13-29(12-4,27-20(30-16(5)6)23(36)22(35)18(14-32)39-27)41-25-19(15-33)40-26(28(10-2,11-3)38-8)21(24(25)37)31-17(7)34/h18-27,30,32-33,35-37H,5,9-15H2,1-4,6-8H3,(H,31,34). The number of amides is 1. The molecule has 0 aromatic rings. The third kappa shape index (κ3) is 7.42. The van der Waals surface area contributed by atoms with Crippen LogP contribution in [0.1, 0.15) is 73.6 Å².